The summed E-state index contributed by atoms with van der Waals surface area (Å²) in [5.74, 6) is -0.454. The Balaban J connectivity index is 1.60. The van der Waals surface area contributed by atoms with Gasteiger partial charge in [-0.15, -0.1) is 0 Å². The molecule has 1 fully saturated rings. The van der Waals surface area contributed by atoms with Gasteiger partial charge in [0.25, 0.3) is 5.91 Å². The first-order valence-corrected chi connectivity index (χ1v) is 12.6. The summed E-state index contributed by atoms with van der Waals surface area (Å²) in [4.78, 5) is 29.9. The Kier molecular flexibility index (Phi) is 8.07. The van der Waals surface area contributed by atoms with Crippen molar-refractivity contribution in [2.45, 2.75) is 0 Å². The largest absolute Gasteiger partial charge is 0.495 e. The third kappa shape index (κ3) is 5.45. The number of methoxy groups -OCH3 is 2. The van der Waals surface area contributed by atoms with Crippen LogP contribution in [0.25, 0.3) is 10.8 Å². The number of rotatable bonds is 5. The van der Waals surface area contributed by atoms with Crippen molar-refractivity contribution >= 4 is 67.3 Å². The first-order chi connectivity index (χ1) is 17.3. The molecule has 1 aliphatic rings. The summed E-state index contributed by atoms with van der Waals surface area (Å²) in [5, 5.41) is 7.78. The number of carbonyl (C=O) groups excluding carboxylic acids is 2. The normalized spacial score (nSPS) is 13.8. The summed E-state index contributed by atoms with van der Waals surface area (Å²) >= 11 is 9.06. The first-order valence-electron chi connectivity index (χ1n) is 11.4. The topological polar surface area (TPSA) is 83.1 Å². The number of carbonyl (C=O) groups is 2. The quantitative estimate of drug-likeness (QED) is 0.347. The van der Waals surface area contributed by atoms with E-state index in [-0.39, 0.29) is 5.11 Å². The smallest absolute Gasteiger partial charge is 0.337 e. The van der Waals surface area contributed by atoms with Gasteiger partial charge in [-0.05, 0) is 70.2 Å². The highest BCUT2D eigenvalue weighted by atomic mass is 79.9. The number of thiocarbonyl (C=S) groups is 1. The predicted molar refractivity (Wildman–Crippen MR) is 149 cm³/mol. The van der Waals surface area contributed by atoms with Crippen LogP contribution in [-0.2, 0) is 4.74 Å². The van der Waals surface area contributed by atoms with Gasteiger partial charge in [-0.1, -0.05) is 24.3 Å². The van der Waals surface area contributed by atoms with Crippen LogP contribution in [0.5, 0.6) is 5.75 Å². The van der Waals surface area contributed by atoms with E-state index < -0.39 is 11.9 Å². The molecule has 1 saturated heterocycles. The lowest BCUT2D eigenvalue weighted by atomic mass is 10.1. The van der Waals surface area contributed by atoms with E-state index >= 15 is 0 Å². The molecule has 1 heterocycles. The Bertz CT molecular complexity index is 1320. The van der Waals surface area contributed by atoms with E-state index in [9.17, 15) is 9.59 Å². The lowest BCUT2D eigenvalue weighted by molar-refractivity contribution is 0.0600. The molecular formula is C26H27BrN4O4S. The summed E-state index contributed by atoms with van der Waals surface area (Å²) in [5.41, 5.74) is 2.22. The zero-order valence-corrected chi connectivity index (χ0v) is 22.7. The van der Waals surface area contributed by atoms with Gasteiger partial charge >= 0.3 is 5.97 Å². The zero-order valence-electron chi connectivity index (χ0n) is 20.3. The van der Waals surface area contributed by atoms with Crippen LogP contribution in [0.4, 0.5) is 11.4 Å². The summed E-state index contributed by atoms with van der Waals surface area (Å²) in [7, 11) is 4.94. The van der Waals surface area contributed by atoms with Crippen LogP contribution in [0.3, 0.4) is 0 Å². The number of likely N-dealkylation sites (N-methyl/N-ethyl adjacent to an activating group) is 1. The minimum Gasteiger partial charge on any atom is -0.495 e. The molecule has 8 nitrogen and oxygen atoms in total. The number of ether oxygens (including phenoxy) is 2. The molecule has 0 aromatic heterocycles. The van der Waals surface area contributed by atoms with Crippen LogP contribution in [-0.4, -0.2) is 69.3 Å². The maximum absolute atomic E-state index is 13.2. The fourth-order valence-electron chi connectivity index (χ4n) is 4.18. The monoisotopic (exact) mass is 570 g/mol. The van der Waals surface area contributed by atoms with Crippen LogP contribution < -0.4 is 20.3 Å². The van der Waals surface area contributed by atoms with E-state index in [0.717, 1.165) is 42.6 Å². The standard InChI is InChI=1S/C26H27BrN4O4S/c1-30-10-12-31(13-11-30)21-9-8-17(25(33)35-3)15-20(21)28-26(36)29-24(32)19-14-16-6-4-5-7-18(16)22(27)23(19)34-2/h4-9,14-15H,10-13H2,1-3H3,(H2,28,29,32,36). The minimum absolute atomic E-state index is 0.101. The van der Waals surface area contributed by atoms with Crippen molar-refractivity contribution in [2.75, 3.05) is 57.7 Å². The number of nitrogens with zero attached hydrogens (tertiary/aromatic N) is 2. The highest BCUT2D eigenvalue weighted by Crippen LogP contribution is 2.36. The minimum atomic E-state index is -0.455. The van der Waals surface area contributed by atoms with Gasteiger partial charge in [-0.2, -0.15) is 0 Å². The van der Waals surface area contributed by atoms with Crippen molar-refractivity contribution in [3.05, 3.63) is 64.1 Å². The Labute approximate surface area is 223 Å². The van der Waals surface area contributed by atoms with E-state index in [4.69, 9.17) is 21.7 Å². The lowest BCUT2D eigenvalue weighted by Gasteiger charge is -2.35. The molecule has 36 heavy (non-hydrogen) atoms. The second kappa shape index (κ2) is 11.2. The molecule has 0 aliphatic carbocycles. The molecule has 1 amide bonds. The molecular weight excluding hydrogens is 544 g/mol. The zero-order chi connectivity index (χ0) is 25.8. The van der Waals surface area contributed by atoms with Crippen molar-refractivity contribution in [3.63, 3.8) is 0 Å². The van der Waals surface area contributed by atoms with Crippen molar-refractivity contribution in [2.24, 2.45) is 0 Å². The van der Waals surface area contributed by atoms with Gasteiger partial charge in [0.05, 0.1) is 41.2 Å². The predicted octanol–water partition coefficient (Wildman–Crippen LogP) is 4.28. The van der Waals surface area contributed by atoms with Gasteiger partial charge in [-0.3, -0.25) is 10.1 Å². The van der Waals surface area contributed by atoms with Gasteiger partial charge in [0.2, 0.25) is 0 Å². The molecule has 0 saturated carbocycles. The summed E-state index contributed by atoms with van der Waals surface area (Å²) < 4.78 is 11.1. The number of esters is 1. The van der Waals surface area contributed by atoms with Crippen molar-refractivity contribution in [1.82, 2.24) is 10.2 Å². The number of hydrogen-bond acceptors (Lipinski definition) is 7. The van der Waals surface area contributed by atoms with Gasteiger partial charge < -0.3 is 24.6 Å². The fraction of sp³-hybridized carbons (Fsp3) is 0.269. The van der Waals surface area contributed by atoms with E-state index in [1.54, 1.807) is 18.2 Å². The molecule has 0 unspecified atom stereocenters. The second-order valence-corrected chi connectivity index (χ2v) is 9.62. The van der Waals surface area contributed by atoms with Gasteiger partial charge in [-0.25, -0.2) is 4.79 Å². The molecule has 2 N–H and O–H groups in total. The van der Waals surface area contributed by atoms with E-state index in [2.05, 4.69) is 43.4 Å². The molecule has 0 bridgehead atoms. The number of benzene rings is 3. The molecule has 0 atom stereocenters. The molecule has 3 aromatic rings. The summed E-state index contributed by atoms with van der Waals surface area (Å²) in [6.45, 7) is 3.47. The molecule has 4 rings (SSSR count). The Hall–Kier alpha value is -3.21. The average Bonchev–Trinajstić information content (AvgIpc) is 2.88. The van der Waals surface area contributed by atoms with Gasteiger partial charge in [0.1, 0.15) is 5.75 Å². The van der Waals surface area contributed by atoms with Crippen LogP contribution in [0.1, 0.15) is 20.7 Å². The van der Waals surface area contributed by atoms with Crippen LogP contribution in [0, 0.1) is 0 Å². The van der Waals surface area contributed by atoms with Gasteiger partial charge in [0.15, 0.2) is 5.11 Å². The molecule has 188 valence electrons. The molecule has 0 spiro atoms. The summed E-state index contributed by atoms with van der Waals surface area (Å²) in [6, 6.07) is 14.7. The van der Waals surface area contributed by atoms with E-state index in [0.29, 0.717) is 27.0 Å². The van der Waals surface area contributed by atoms with Crippen molar-refractivity contribution in [3.8, 4) is 5.75 Å². The maximum Gasteiger partial charge on any atom is 0.337 e. The summed E-state index contributed by atoms with van der Waals surface area (Å²) in [6.07, 6.45) is 0. The van der Waals surface area contributed by atoms with Crippen LogP contribution >= 0.6 is 28.1 Å². The molecule has 1 aliphatic heterocycles. The number of anilines is 2. The number of amides is 1. The number of nitrogens with one attached hydrogen (secondary N) is 2. The third-order valence-electron chi connectivity index (χ3n) is 6.13. The highest BCUT2D eigenvalue weighted by Gasteiger charge is 2.22. The number of piperazine rings is 1. The van der Waals surface area contributed by atoms with Gasteiger partial charge in [0, 0.05) is 26.2 Å². The number of fused-ring (bicyclic) bond motifs is 1. The highest BCUT2D eigenvalue weighted by molar-refractivity contribution is 9.10. The number of halogens is 1. The maximum atomic E-state index is 13.2. The SMILES string of the molecule is COC(=O)c1ccc(N2CCN(C)CC2)c(NC(=S)NC(=O)c2cc3ccccc3c(Br)c2OC)c1. The average molecular weight is 571 g/mol. The second-order valence-electron chi connectivity index (χ2n) is 8.41. The fourth-order valence-corrected chi connectivity index (χ4v) is 5.12. The molecule has 3 aromatic carbocycles. The van der Waals surface area contributed by atoms with Crippen molar-refractivity contribution in [1.29, 1.82) is 0 Å². The van der Waals surface area contributed by atoms with E-state index in [1.165, 1.54) is 14.2 Å². The molecule has 0 radical (unpaired) electrons. The lowest BCUT2D eigenvalue weighted by Crippen LogP contribution is -2.45. The van der Waals surface area contributed by atoms with Crippen LogP contribution in [0.15, 0.2) is 53.0 Å². The van der Waals surface area contributed by atoms with Crippen molar-refractivity contribution < 1.29 is 19.1 Å². The Morgan fingerprint density at radius 3 is 2.44 bits per heavy atom. The Morgan fingerprint density at radius 2 is 1.75 bits per heavy atom. The molecule has 10 heteroatoms. The third-order valence-corrected chi connectivity index (χ3v) is 7.12. The van der Waals surface area contributed by atoms with Crippen LogP contribution in [0.2, 0.25) is 0 Å². The Morgan fingerprint density at radius 1 is 1.03 bits per heavy atom. The van der Waals surface area contributed by atoms with E-state index in [1.807, 2.05) is 30.3 Å². The number of hydrogen-bond donors (Lipinski definition) is 2. The first kappa shape index (κ1) is 25.9.